The van der Waals surface area contributed by atoms with Crippen molar-refractivity contribution in [1.82, 2.24) is 21.3 Å². The molecular weight excluding hydrogens is 1170 g/mol. The fourth-order valence-corrected chi connectivity index (χ4v) is 7.95. The van der Waals surface area contributed by atoms with Gasteiger partial charge in [-0.3, -0.25) is 24.0 Å². The fraction of sp³-hybridized carbons (Fsp3) is 0.426. The molecule has 89 heavy (non-hydrogen) atoms. The molecule has 478 valence electrons. The van der Waals surface area contributed by atoms with Gasteiger partial charge in [0.15, 0.2) is 57.8 Å². The normalized spacial score (nSPS) is 12.6. The SMILES string of the molecule is CC(=O)c1cc2c(o1)C(=O)c1ccccc1C2=O.COC(=O)[C@H](CCCC(=O)Oc1c2ccccc2c(OC(=O)NCC[C@H](NC(=O)OC(C)(C)C)C(=O)OC)c2cc(C(C)=O)oc12)NC(=O)OC(C)(C)C.COC(=O)[C@H](CN=C=O)NC(=O)OC(C)(C)C. The standard InChI is InChI=1S/C37H47N3O14.C14H8O4.C10H16N2O5/c1-20(41)26-19-23-28(52-33(45)38-18-17-25(32(44)49-9)40-35(47)54-37(5,6)7)21-13-10-11-14-22(21)29(30(23)50-26)51-27(42)16-12-15-24(31(43)48-8)39-34(46)53-36(2,3)4;1-7(15)11-6-10-12(16)8-4-2-3-5-9(8)13(17)14(10)18-11;1-10(2,3)17-9(15)12-7(5-11-6-13)8(14)16-4/h10-11,13-14,19,24-25H,12,15-18H2,1-9H3,(H,38,45)(H,39,46)(H,40,47);2-6H,1H3;7H,5H2,1-4H3,(H,12,15)/t24-,25-;;7-/m0.0/s1. The van der Waals surface area contributed by atoms with Crippen molar-refractivity contribution in [3.8, 4) is 11.5 Å². The minimum absolute atomic E-state index is 0.0142. The minimum Gasteiger partial charge on any atom is -0.467 e. The third-order valence-corrected chi connectivity index (χ3v) is 11.7. The van der Waals surface area contributed by atoms with Crippen molar-refractivity contribution in [3.05, 3.63) is 94.6 Å². The maximum absolute atomic E-state index is 13.2. The van der Waals surface area contributed by atoms with Crippen LogP contribution in [0.4, 0.5) is 19.2 Å². The lowest BCUT2D eigenvalue weighted by molar-refractivity contribution is -0.144. The summed E-state index contributed by atoms with van der Waals surface area (Å²) in [7, 11) is 3.48. The molecule has 0 aliphatic heterocycles. The van der Waals surface area contributed by atoms with Gasteiger partial charge < -0.3 is 68.0 Å². The number of benzene rings is 3. The number of carbonyl (C=O) groups excluding carboxylic acids is 13. The Morgan fingerprint density at radius 3 is 1.47 bits per heavy atom. The summed E-state index contributed by atoms with van der Waals surface area (Å²) < 4.78 is 51.9. The van der Waals surface area contributed by atoms with E-state index in [0.717, 1.165) is 14.2 Å². The van der Waals surface area contributed by atoms with Gasteiger partial charge in [0.05, 0.1) is 38.8 Å². The number of furan rings is 2. The molecule has 0 bridgehead atoms. The lowest BCUT2D eigenvalue weighted by Crippen LogP contribution is -2.45. The van der Waals surface area contributed by atoms with Crippen molar-refractivity contribution in [3.63, 3.8) is 0 Å². The number of carbonyl (C=O) groups is 12. The van der Waals surface area contributed by atoms with Gasteiger partial charge in [-0.1, -0.05) is 48.5 Å². The molecule has 0 spiro atoms. The molecule has 28 heteroatoms. The Labute approximate surface area is 510 Å². The van der Waals surface area contributed by atoms with Crippen LogP contribution in [0.5, 0.6) is 11.5 Å². The number of ketones is 4. The van der Waals surface area contributed by atoms with Crippen molar-refractivity contribution < 1.29 is 109 Å². The first kappa shape index (κ1) is 71.2. The van der Waals surface area contributed by atoms with E-state index in [1.54, 1.807) is 111 Å². The monoisotopic (exact) mass is 1240 g/mol. The maximum atomic E-state index is 13.2. The van der Waals surface area contributed by atoms with Gasteiger partial charge in [-0.15, -0.1) is 0 Å². The van der Waals surface area contributed by atoms with Crippen molar-refractivity contribution in [1.29, 1.82) is 0 Å². The number of methoxy groups -OCH3 is 3. The first-order valence-corrected chi connectivity index (χ1v) is 27.4. The Hall–Kier alpha value is -10.2. The molecule has 5 aromatic rings. The third kappa shape index (κ3) is 21.3. The van der Waals surface area contributed by atoms with E-state index in [1.165, 1.54) is 39.2 Å². The van der Waals surface area contributed by atoms with Crippen LogP contribution in [0.2, 0.25) is 0 Å². The predicted octanol–water partition coefficient (Wildman–Crippen LogP) is 8.12. The molecule has 0 radical (unpaired) electrons. The number of amides is 4. The van der Waals surface area contributed by atoms with Crippen molar-refractivity contribution in [2.75, 3.05) is 34.4 Å². The molecule has 3 aromatic carbocycles. The van der Waals surface area contributed by atoms with Gasteiger partial charge in [0.25, 0.3) is 0 Å². The van der Waals surface area contributed by atoms with Gasteiger partial charge in [-0.25, -0.2) is 43.3 Å². The quantitative estimate of drug-likeness (QED) is 0.0148. The number of hydrogen-bond donors (Lipinski definition) is 4. The Bertz CT molecular complexity index is 3370. The van der Waals surface area contributed by atoms with Crippen LogP contribution in [-0.4, -0.2) is 147 Å². The molecule has 4 amide bonds. The number of Topliss-reactive ketones (excluding diaryl/α,β-unsaturated/α-hetero) is 2. The first-order chi connectivity index (χ1) is 41.6. The number of hydrogen-bond acceptors (Lipinski definition) is 24. The average molecular weight is 1240 g/mol. The molecule has 2 aromatic heterocycles. The van der Waals surface area contributed by atoms with Crippen molar-refractivity contribution in [2.45, 2.75) is 137 Å². The van der Waals surface area contributed by atoms with Crippen LogP contribution in [-0.2, 0) is 52.4 Å². The summed E-state index contributed by atoms with van der Waals surface area (Å²) in [6.45, 7) is 17.3. The third-order valence-electron chi connectivity index (χ3n) is 11.7. The highest BCUT2D eigenvalue weighted by Gasteiger charge is 2.35. The molecule has 0 saturated carbocycles. The van der Waals surface area contributed by atoms with Crippen LogP contribution < -0.4 is 30.7 Å². The number of nitrogens with zero attached hydrogens (tertiary/aromatic N) is 1. The number of nitrogens with one attached hydrogen (secondary N) is 4. The average Bonchev–Trinajstić information content (AvgIpc) is 1.74. The Kier molecular flexibility index (Phi) is 25.1. The number of fused-ring (bicyclic) bond motifs is 4. The molecule has 1 aliphatic rings. The van der Waals surface area contributed by atoms with Crippen LogP contribution in [0.15, 0.2) is 74.5 Å². The van der Waals surface area contributed by atoms with Crippen molar-refractivity contribution >= 4 is 99.2 Å². The molecule has 0 unspecified atom stereocenters. The number of esters is 4. The van der Waals surface area contributed by atoms with Gasteiger partial charge in [0.1, 0.15) is 28.9 Å². The van der Waals surface area contributed by atoms with Crippen molar-refractivity contribution in [2.24, 2.45) is 4.99 Å². The summed E-state index contributed by atoms with van der Waals surface area (Å²) in [6.07, 6.45) is -2.30. The van der Waals surface area contributed by atoms with Gasteiger partial charge in [-0.2, -0.15) is 0 Å². The molecule has 0 saturated heterocycles. The molecular formula is C61H71N5O23. The molecule has 0 fully saturated rings. The van der Waals surface area contributed by atoms with Crippen LogP contribution in [0.1, 0.15) is 155 Å². The minimum atomic E-state index is -1.15. The van der Waals surface area contributed by atoms with Crippen LogP contribution in [0.3, 0.4) is 0 Å². The summed E-state index contributed by atoms with van der Waals surface area (Å²) in [5.41, 5.74) is -1.52. The van der Waals surface area contributed by atoms with Crippen LogP contribution in [0.25, 0.3) is 21.7 Å². The summed E-state index contributed by atoms with van der Waals surface area (Å²) >= 11 is 0. The highest BCUT2D eigenvalue weighted by atomic mass is 16.6. The van der Waals surface area contributed by atoms with E-state index in [-0.39, 0.29) is 101 Å². The second kappa shape index (κ2) is 31.4. The second-order valence-corrected chi connectivity index (χ2v) is 22.3. The first-order valence-electron chi connectivity index (χ1n) is 27.4. The van der Waals surface area contributed by atoms with E-state index < -0.39 is 89.0 Å². The van der Waals surface area contributed by atoms with Gasteiger partial charge >= 0.3 is 48.3 Å². The number of rotatable bonds is 19. The summed E-state index contributed by atoms with van der Waals surface area (Å²) in [5, 5.41) is 10.4. The molecule has 6 rings (SSSR count). The van der Waals surface area contributed by atoms with Gasteiger partial charge in [0.2, 0.25) is 11.9 Å². The lowest BCUT2D eigenvalue weighted by Gasteiger charge is -2.22. The van der Waals surface area contributed by atoms with E-state index in [9.17, 15) is 62.3 Å². The zero-order valence-electron chi connectivity index (χ0n) is 51.6. The largest absolute Gasteiger partial charge is 0.467 e. The highest BCUT2D eigenvalue weighted by Crippen LogP contribution is 2.45. The summed E-state index contributed by atoms with van der Waals surface area (Å²) in [6, 6.07) is 12.5. The number of isocyanates is 1. The van der Waals surface area contributed by atoms with Crippen LogP contribution >= 0.6 is 0 Å². The van der Waals surface area contributed by atoms with Gasteiger partial charge in [0, 0.05) is 48.7 Å². The smallest absolute Gasteiger partial charge is 0.412 e. The van der Waals surface area contributed by atoms with E-state index in [2.05, 4.69) is 31.0 Å². The lowest BCUT2D eigenvalue weighted by atomic mass is 9.88. The maximum Gasteiger partial charge on any atom is 0.412 e. The number of ether oxygens (including phenoxy) is 8. The number of alkyl carbamates (subject to hydrolysis) is 3. The van der Waals surface area contributed by atoms with Gasteiger partial charge in [-0.05, 0) is 93.7 Å². The second-order valence-electron chi connectivity index (χ2n) is 22.3. The van der Waals surface area contributed by atoms with E-state index >= 15 is 0 Å². The van der Waals surface area contributed by atoms with Crippen LogP contribution in [0, 0.1) is 0 Å². The Morgan fingerprint density at radius 2 is 0.989 bits per heavy atom. The number of aliphatic imine (C=N–C) groups is 1. The zero-order valence-corrected chi connectivity index (χ0v) is 51.6. The predicted molar refractivity (Wildman–Crippen MR) is 312 cm³/mol. The van der Waals surface area contributed by atoms with E-state index in [0.29, 0.717) is 21.9 Å². The highest BCUT2D eigenvalue weighted by molar-refractivity contribution is 6.28. The van der Waals surface area contributed by atoms with E-state index in [4.69, 9.17) is 42.0 Å². The summed E-state index contributed by atoms with van der Waals surface area (Å²) in [4.78, 5) is 159. The molecule has 4 N–H and O–H groups in total. The zero-order chi connectivity index (χ0) is 66.7. The molecule has 2 heterocycles. The topological polar surface area (TPSA) is 383 Å². The fourth-order valence-electron chi connectivity index (χ4n) is 7.95. The summed E-state index contributed by atoms with van der Waals surface area (Å²) in [5.74, 6) is -4.50. The molecule has 1 aliphatic carbocycles. The Balaban J connectivity index is 0.000000387. The molecule has 3 atom stereocenters. The molecule has 28 nitrogen and oxygen atoms in total. The Morgan fingerprint density at radius 1 is 0.539 bits per heavy atom. The van der Waals surface area contributed by atoms with E-state index in [1.807, 2.05) is 0 Å².